The molecular formula is C20H24BrNO2S. The number of hydrogen-bond donors (Lipinski definition) is 1. The fourth-order valence-electron chi connectivity index (χ4n) is 3.17. The number of ether oxygens (including phenoxy) is 1. The maximum absolute atomic E-state index is 12.0. The lowest BCUT2D eigenvalue weighted by Gasteiger charge is -2.20. The monoisotopic (exact) mass is 421 g/mol. The van der Waals surface area contributed by atoms with E-state index in [4.69, 9.17) is 4.74 Å². The largest absolute Gasteiger partial charge is 0.483 e. The third-order valence-electron chi connectivity index (χ3n) is 4.52. The summed E-state index contributed by atoms with van der Waals surface area (Å²) in [6.45, 7) is 0.757. The zero-order valence-corrected chi connectivity index (χ0v) is 16.7. The van der Waals surface area contributed by atoms with Crippen LogP contribution in [0.25, 0.3) is 10.8 Å². The van der Waals surface area contributed by atoms with Crippen molar-refractivity contribution in [3.05, 3.63) is 40.9 Å². The van der Waals surface area contributed by atoms with Gasteiger partial charge in [0, 0.05) is 17.5 Å². The quantitative estimate of drug-likeness (QED) is 0.627. The highest BCUT2D eigenvalue weighted by molar-refractivity contribution is 9.10. The van der Waals surface area contributed by atoms with Crippen molar-refractivity contribution in [2.24, 2.45) is 0 Å². The van der Waals surface area contributed by atoms with Crippen LogP contribution in [0.15, 0.2) is 40.9 Å². The molecule has 134 valence electrons. The molecule has 5 heteroatoms. The Morgan fingerprint density at radius 1 is 1.16 bits per heavy atom. The lowest BCUT2D eigenvalue weighted by Crippen LogP contribution is -2.31. The van der Waals surface area contributed by atoms with Gasteiger partial charge in [0.1, 0.15) is 5.75 Å². The minimum Gasteiger partial charge on any atom is -0.483 e. The number of carbonyl (C=O) groups excluding carboxylic acids is 1. The average Bonchev–Trinajstić information content (AvgIpc) is 2.66. The molecule has 0 unspecified atom stereocenters. The van der Waals surface area contributed by atoms with E-state index in [0.717, 1.165) is 26.2 Å². The van der Waals surface area contributed by atoms with Crippen molar-refractivity contribution in [2.45, 2.75) is 37.4 Å². The number of amides is 1. The van der Waals surface area contributed by atoms with E-state index in [9.17, 15) is 4.79 Å². The van der Waals surface area contributed by atoms with Gasteiger partial charge in [0.15, 0.2) is 6.61 Å². The van der Waals surface area contributed by atoms with Crippen LogP contribution in [0.2, 0.25) is 0 Å². The summed E-state index contributed by atoms with van der Waals surface area (Å²) in [4.78, 5) is 12.0. The van der Waals surface area contributed by atoms with E-state index in [1.165, 1.54) is 32.1 Å². The smallest absolute Gasteiger partial charge is 0.257 e. The Balaban J connectivity index is 1.41. The van der Waals surface area contributed by atoms with Crippen molar-refractivity contribution in [3.63, 3.8) is 0 Å². The van der Waals surface area contributed by atoms with Gasteiger partial charge in [-0.05, 0) is 45.6 Å². The molecule has 0 heterocycles. The summed E-state index contributed by atoms with van der Waals surface area (Å²) in [5, 5.41) is 5.97. The normalized spacial score (nSPS) is 15.2. The number of fused-ring (bicyclic) bond motifs is 1. The lowest BCUT2D eigenvalue weighted by atomic mass is 10.0. The second-order valence-electron chi connectivity index (χ2n) is 6.37. The first-order valence-corrected chi connectivity index (χ1v) is 10.8. The van der Waals surface area contributed by atoms with Gasteiger partial charge in [0.2, 0.25) is 0 Å². The van der Waals surface area contributed by atoms with Crippen LogP contribution in [0.5, 0.6) is 5.75 Å². The first-order valence-electron chi connectivity index (χ1n) is 8.92. The van der Waals surface area contributed by atoms with E-state index >= 15 is 0 Å². The molecule has 0 radical (unpaired) electrons. The summed E-state index contributed by atoms with van der Waals surface area (Å²) in [6.07, 6.45) is 6.77. The van der Waals surface area contributed by atoms with E-state index in [0.29, 0.717) is 12.3 Å². The van der Waals surface area contributed by atoms with Crippen molar-refractivity contribution in [3.8, 4) is 5.75 Å². The molecule has 0 spiro atoms. The Bertz CT molecular complexity index is 716. The number of carbonyl (C=O) groups is 1. The number of benzene rings is 2. The number of thioether (sulfide) groups is 1. The summed E-state index contributed by atoms with van der Waals surface area (Å²) in [7, 11) is 0. The van der Waals surface area contributed by atoms with Crippen LogP contribution < -0.4 is 10.1 Å². The molecule has 1 fully saturated rings. The van der Waals surface area contributed by atoms with E-state index < -0.39 is 0 Å². The molecule has 2 aromatic carbocycles. The molecule has 0 aromatic heterocycles. The Kier molecular flexibility index (Phi) is 7.05. The van der Waals surface area contributed by atoms with Crippen LogP contribution in [-0.4, -0.2) is 30.1 Å². The fraction of sp³-hybridized carbons (Fsp3) is 0.450. The Morgan fingerprint density at radius 3 is 2.80 bits per heavy atom. The molecule has 0 bridgehead atoms. The third-order valence-corrected chi connectivity index (χ3v) is 6.72. The number of halogens is 1. The van der Waals surface area contributed by atoms with Crippen molar-refractivity contribution in [2.75, 3.05) is 18.9 Å². The Labute approximate surface area is 162 Å². The van der Waals surface area contributed by atoms with Gasteiger partial charge >= 0.3 is 0 Å². The highest BCUT2D eigenvalue weighted by Gasteiger charge is 2.13. The predicted octanol–water partition coefficient (Wildman–Crippen LogP) is 5.16. The third kappa shape index (κ3) is 5.38. The molecule has 3 rings (SSSR count). The second kappa shape index (κ2) is 9.48. The summed E-state index contributed by atoms with van der Waals surface area (Å²) in [6, 6.07) is 12.0. The minimum absolute atomic E-state index is 0.0467. The second-order valence-corrected chi connectivity index (χ2v) is 8.57. The van der Waals surface area contributed by atoms with Gasteiger partial charge in [-0.1, -0.05) is 49.6 Å². The highest BCUT2D eigenvalue weighted by atomic mass is 79.9. The van der Waals surface area contributed by atoms with Crippen molar-refractivity contribution < 1.29 is 9.53 Å². The molecule has 0 saturated heterocycles. The molecule has 1 amide bonds. The van der Waals surface area contributed by atoms with Crippen molar-refractivity contribution in [1.29, 1.82) is 0 Å². The van der Waals surface area contributed by atoms with Crippen LogP contribution >= 0.6 is 27.7 Å². The first kappa shape index (κ1) is 18.6. The van der Waals surface area contributed by atoms with Crippen molar-refractivity contribution in [1.82, 2.24) is 5.32 Å². The topological polar surface area (TPSA) is 38.3 Å². The molecule has 0 aliphatic heterocycles. The van der Waals surface area contributed by atoms with Gasteiger partial charge in [0.25, 0.3) is 5.91 Å². The van der Waals surface area contributed by atoms with Crippen LogP contribution in [-0.2, 0) is 4.79 Å². The van der Waals surface area contributed by atoms with E-state index in [1.807, 2.05) is 42.1 Å². The maximum Gasteiger partial charge on any atom is 0.257 e. The van der Waals surface area contributed by atoms with Gasteiger partial charge in [-0.2, -0.15) is 11.8 Å². The SMILES string of the molecule is O=C(COc1ccc2ccccc2c1Br)NCCSC1CCCCC1. The van der Waals surface area contributed by atoms with Crippen LogP contribution in [0.1, 0.15) is 32.1 Å². The summed E-state index contributed by atoms with van der Waals surface area (Å²) < 4.78 is 6.58. The average molecular weight is 422 g/mol. The molecule has 3 nitrogen and oxygen atoms in total. The van der Waals surface area contributed by atoms with Crippen LogP contribution in [0.4, 0.5) is 0 Å². The predicted molar refractivity (Wildman–Crippen MR) is 109 cm³/mol. The molecule has 25 heavy (non-hydrogen) atoms. The van der Waals surface area contributed by atoms with Gasteiger partial charge in [-0.15, -0.1) is 0 Å². The van der Waals surface area contributed by atoms with Gasteiger partial charge in [-0.25, -0.2) is 0 Å². The molecule has 1 saturated carbocycles. The zero-order chi connectivity index (χ0) is 17.5. The fourth-order valence-corrected chi connectivity index (χ4v) is 4.99. The molecule has 2 aromatic rings. The lowest BCUT2D eigenvalue weighted by molar-refractivity contribution is -0.122. The standard InChI is InChI=1S/C20H24BrNO2S/c21-20-17-9-5-4-6-15(17)10-11-18(20)24-14-19(23)22-12-13-25-16-7-2-1-3-8-16/h4-6,9-11,16H,1-3,7-8,12-14H2,(H,22,23). The van der Waals surface area contributed by atoms with E-state index in [2.05, 4.69) is 27.3 Å². The summed E-state index contributed by atoms with van der Waals surface area (Å²) in [5.41, 5.74) is 0. The van der Waals surface area contributed by atoms with E-state index in [-0.39, 0.29) is 12.5 Å². The number of nitrogens with one attached hydrogen (secondary N) is 1. The van der Waals surface area contributed by atoms with E-state index in [1.54, 1.807) is 0 Å². The van der Waals surface area contributed by atoms with Crippen molar-refractivity contribution >= 4 is 44.4 Å². The number of hydrogen-bond acceptors (Lipinski definition) is 3. The number of rotatable bonds is 7. The maximum atomic E-state index is 12.0. The zero-order valence-electron chi connectivity index (χ0n) is 14.3. The summed E-state index contributed by atoms with van der Waals surface area (Å²) >= 11 is 5.57. The molecule has 1 N–H and O–H groups in total. The molecule has 1 aliphatic rings. The summed E-state index contributed by atoms with van der Waals surface area (Å²) in [5.74, 6) is 1.62. The van der Waals surface area contributed by atoms with Gasteiger partial charge in [0.05, 0.1) is 4.47 Å². The molecule has 1 aliphatic carbocycles. The molecular weight excluding hydrogens is 398 g/mol. The molecule has 0 atom stereocenters. The highest BCUT2D eigenvalue weighted by Crippen LogP contribution is 2.33. The van der Waals surface area contributed by atoms with Gasteiger partial charge < -0.3 is 10.1 Å². The van der Waals surface area contributed by atoms with Crippen LogP contribution in [0, 0.1) is 0 Å². The Hall–Kier alpha value is -1.20. The minimum atomic E-state index is -0.0655. The van der Waals surface area contributed by atoms with Gasteiger partial charge in [-0.3, -0.25) is 4.79 Å². The van der Waals surface area contributed by atoms with Crippen LogP contribution in [0.3, 0.4) is 0 Å². The Morgan fingerprint density at radius 2 is 1.96 bits per heavy atom. The first-order chi connectivity index (χ1) is 12.2.